The van der Waals surface area contributed by atoms with Gasteiger partial charge in [0.1, 0.15) is 10.7 Å². The standard InChI is InChI=1S/C16H19N3O2S/c1-11-18-15-13(7-10-22-15)16(21)19(11)9-8-17-14(20)12-5-3-2-4-6-12/h2-3,7,10,12H,4-6,8-9H2,1H3,(H,17,20). The Balaban J connectivity index is 1.65. The molecule has 0 bridgehead atoms. The van der Waals surface area contributed by atoms with E-state index in [9.17, 15) is 9.59 Å². The van der Waals surface area contributed by atoms with Crippen LogP contribution in [-0.4, -0.2) is 22.0 Å². The van der Waals surface area contributed by atoms with Gasteiger partial charge in [-0.15, -0.1) is 11.3 Å². The van der Waals surface area contributed by atoms with Crippen molar-refractivity contribution in [1.82, 2.24) is 14.9 Å². The molecule has 6 heteroatoms. The lowest BCUT2D eigenvalue weighted by Crippen LogP contribution is -2.35. The van der Waals surface area contributed by atoms with Crippen molar-refractivity contribution in [2.24, 2.45) is 5.92 Å². The van der Waals surface area contributed by atoms with Gasteiger partial charge in [0.15, 0.2) is 0 Å². The second-order valence-corrected chi connectivity index (χ2v) is 6.42. The molecule has 0 aliphatic heterocycles. The molecule has 1 amide bonds. The molecule has 22 heavy (non-hydrogen) atoms. The summed E-state index contributed by atoms with van der Waals surface area (Å²) in [4.78, 5) is 29.7. The molecule has 116 valence electrons. The van der Waals surface area contributed by atoms with Gasteiger partial charge < -0.3 is 5.32 Å². The number of allylic oxidation sites excluding steroid dienone is 2. The zero-order chi connectivity index (χ0) is 15.5. The highest BCUT2D eigenvalue weighted by molar-refractivity contribution is 7.16. The molecule has 1 unspecified atom stereocenters. The van der Waals surface area contributed by atoms with Crippen LogP contribution in [0.25, 0.3) is 10.2 Å². The molecular weight excluding hydrogens is 298 g/mol. The summed E-state index contributed by atoms with van der Waals surface area (Å²) in [6.45, 7) is 2.74. The fourth-order valence-electron chi connectivity index (χ4n) is 2.78. The van der Waals surface area contributed by atoms with Crippen LogP contribution >= 0.6 is 11.3 Å². The first-order valence-corrected chi connectivity index (χ1v) is 8.42. The average molecular weight is 317 g/mol. The van der Waals surface area contributed by atoms with E-state index >= 15 is 0 Å². The summed E-state index contributed by atoms with van der Waals surface area (Å²) in [5.74, 6) is 0.842. The van der Waals surface area contributed by atoms with Gasteiger partial charge in [-0.1, -0.05) is 12.2 Å². The molecule has 1 aliphatic carbocycles. The van der Waals surface area contributed by atoms with E-state index in [2.05, 4.69) is 22.5 Å². The maximum atomic E-state index is 12.4. The summed E-state index contributed by atoms with van der Waals surface area (Å²) in [6.07, 6.45) is 6.87. The number of rotatable bonds is 4. The molecule has 0 radical (unpaired) electrons. The van der Waals surface area contributed by atoms with Crippen LogP contribution in [0.15, 0.2) is 28.4 Å². The second kappa shape index (κ2) is 6.44. The summed E-state index contributed by atoms with van der Waals surface area (Å²) >= 11 is 1.47. The molecule has 5 nitrogen and oxygen atoms in total. The number of aryl methyl sites for hydroxylation is 1. The summed E-state index contributed by atoms with van der Waals surface area (Å²) in [5.41, 5.74) is -0.0291. The Morgan fingerprint density at radius 2 is 2.36 bits per heavy atom. The number of fused-ring (bicyclic) bond motifs is 1. The van der Waals surface area contributed by atoms with Crippen molar-refractivity contribution in [3.63, 3.8) is 0 Å². The predicted octanol–water partition coefficient (Wildman–Crippen LogP) is 2.24. The molecular formula is C16H19N3O2S. The first-order valence-electron chi connectivity index (χ1n) is 7.54. The third-order valence-electron chi connectivity index (χ3n) is 4.05. The number of hydrogen-bond acceptors (Lipinski definition) is 4. The van der Waals surface area contributed by atoms with Gasteiger partial charge in [0.25, 0.3) is 5.56 Å². The Morgan fingerprint density at radius 1 is 1.50 bits per heavy atom. The number of thiophene rings is 1. The van der Waals surface area contributed by atoms with Crippen LogP contribution in [0.4, 0.5) is 0 Å². The highest BCUT2D eigenvalue weighted by Gasteiger charge is 2.18. The minimum atomic E-state index is -0.0291. The fraction of sp³-hybridized carbons (Fsp3) is 0.438. The molecule has 3 rings (SSSR count). The fourth-order valence-corrected chi connectivity index (χ4v) is 3.58. The Hall–Kier alpha value is -1.95. The molecule has 0 aromatic carbocycles. The molecule has 2 heterocycles. The zero-order valence-electron chi connectivity index (χ0n) is 12.5. The van der Waals surface area contributed by atoms with Crippen molar-refractivity contribution < 1.29 is 4.79 Å². The molecule has 0 saturated carbocycles. The maximum absolute atomic E-state index is 12.4. The van der Waals surface area contributed by atoms with E-state index < -0.39 is 0 Å². The molecule has 2 aromatic rings. The van der Waals surface area contributed by atoms with Gasteiger partial charge in [-0.2, -0.15) is 0 Å². The van der Waals surface area contributed by atoms with Gasteiger partial charge in [-0.3, -0.25) is 14.2 Å². The van der Waals surface area contributed by atoms with E-state index in [0.717, 1.165) is 24.1 Å². The average Bonchev–Trinajstić information content (AvgIpc) is 2.99. The highest BCUT2D eigenvalue weighted by atomic mass is 32.1. The van der Waals surface area contributed by atoms with E-state index in [0.29, 0.717) is 24.3 Å². The Morgan fingerprint density at radius 3 is 3.14 bits per heavy atom. The van der Waals surface area contributed by atoms with Crippen LogP contribution in [0.5, 0.6) is 0 Å². The van der Waals surface area contributed by atoms with Crippen LogP contribution in [0.2, 0.25) is 0 Å². The lowest BCUT2D eigenvalue weighted by molar-refractivity contribution is -0.125. The molecule has 0 saturated heterocycles. The van der Waals surface area contributed by atoms with E-state index in [1.165, 1.54) is 11.3 Å². The predicted molar refractivity (Wildman–Crippen MR) is 88.1 cm³/mol. The molecule has 0 fully saturated rings. The number of carbonyl (C=O) groups excluding carboxylic acids is 1. The van der Waals surface area contributed by atoms with Crippen LogP contribution in [0.3, 0.4) is 0 Å². The summed E-state index contributed by atoms with van der Waals surface area (Å²) < 4.78 is 1.64. The largest absolute Gasteiger partial charge is 0.354 e. The summed E-state index contributed by atoms with van der Waals surface area (Å²) in [7, 11) is 0. The number of nitrogens with one attached hydrogen (secondary N) is 1. The maximum Gasteiger partial charge on any atom is 0.262 e. The molecule has 1 aliphatic rings. The second-order valence-electron chi connectivity index (χ2n) is 5.53. The highest BCUT2D eigenvalue weighted by Crippen LogP contribution is 2.18. The van der Waals surface area contributed by atoms with E-state index in [-0.39, 0.29) is 17.4 Å². The SMILES string of the molecule is Cc1nc2sccc2c(=O)n1CCNC(=O)C1CC=CCC1. The van der Waals surface area contributed by atoms with Crippen molar-refractivity contribution in [3.8, 4) is 0 Å². The summed E-state index contributed by atoms with van der Waals surface area (Å²) in [6, 6.07) is 1.80. The van der Waals surface area contributed by atoms with Crippen LogP contribution in [0, 0.1) is 12.8 Å². The van der Waals surface area contributed by atoms with Crippen molar-refractivity contribution in [2.75, 3.05) is 6.54 Å². The minimum Gasteiger partial charge on any atom is -0.354 e. The third-order valence-corrected chi connectivity index (χ3v) is 4.86. The zero-order valence-corrected chi connectivity index (χ0v) is 13.4. The van der Waals surface area contributed by atoms with Crippen molar-refractivity contribution in [1.29, 1.82) is 0 Å². The van der Waals surface area contributed by atoms with E-state index in [1.807, 2.05) is 12.3 Å². The number of hydrogen-bond donors (Lipinski definition) is 1. The first-order chi connectivity index (χ1) is 10.7. The van der Waals surface area contributed by atoms with Crippen LogP contribution in [0.1, 0.15) is 25.1 Å². The Kier molecular flexibility index (Phi) is 4.38. The molecule has 2 aromatic heterocycles. The number of aromatic nitrogens is 2. The Labute approximate surface area is 132 Å². The van der Waals surface area contributed by atoms with Gasteiger partial charge >= 0.3 is 0 Å². The van der Waals surface area contributed by atoms with Crippen LogP contribution in [-0.2, 0) is 11.3 Å². The molecule has 0 spiro atoms. The van der Waals surface area contributed by atoms with Gasteiger partial charge in [0.2, 0.25) is 5.91 Å². The smallest absolute Gasteiger partial charge is 0.262 e. The lowest BCUT2D eigenvalue weighted by atomic mass is 9.94. The van der Waals surface area contributed by atoms with Gasteiger partial charge in [0.05, 0.1) is 5.39 Å². The van der Waals surface area contributed by atoms with Gasteiger partial charge in [-0.05, 0) is 37.6 Å². The lowest BCUT2D eigenvalue weighted by Gasteiger charge is -2.17. The van der Waals surface area contributed by atoms with E-state index in [1.54, 1.807) is 10.6 Å². The van der Waals surface area contributed by atoms with Crippen molar-refractivity contribution >= 4 is 27.5 Å². The summed E-state index contributed by atoms with van der Waals surface area (Å²) in [5, 5.41) is 5.47. The quantitative estimate of drug-likeness (QED) is 0.880. The minimum absolute atomic E-state index is 0.0291. The van der Waals surface area contributed by atoms with Crippen LogP contribution < -0.4 is 10.9 Å². The first kappa shape index (κ1) is 15.0. The van der Waals surface area contributed by atoms with Crippen molar-refractivity contribution in [3.05, 3.63) is 39.8 Å². The molecule has 1 N–H and O–H groups in total. The number of amides is 1. The molecule has 1 atom stereocenters. The van der Waals surface area contributed by atoms with E-state index in [4.69, 9.17) is 0 Å². The number of nitrogens with zero attached hydrogens (tertiary/aromatic N) is 2. The Bertz CT molecular complexity index is 775. The van der Waals surface area contributed by atoms with Crippen molar-refractivity contribution in [2.45, 2.75) is 32.7 Å². The monoisotopic (exact) mass is 317 g/mol. The van der Waals surface area contributed by atoms with Gasteiger partial charge in [-0.25, -0.2) is 4.98 Å². The normalized spacial score (nSPS) is 17.8. The number of carbonyl (C=O) groups is 1. The third kappa shape index (κ3) is 2.97. The van der Waals surface area contributed by atoms with Gasteiger partial charge in [0, 0.05) is 19.0 Å². The topological polar surface area (TPSA) is 64.0 Å².